The summed E-state index contributed by atoms with van der Waals surface area (Å²) in [6, 6.07) is 5.13. The van der Waals surface area contributed by atoms with Gasteiger partial charge in [-0.05, 0) is 42.5 Å². The summed E-state index contributed by atoms with van der Waals surface area (Å²) in [4.78, 5) is 11.9. The maximum atomic E-state index is 12.8. The van der Waals surface area contributed by atoms with Crippen LogP contribution >= 0.6 is 0 Å². The van der Waals surface area contributed by atoms with E-state index >= 15 is 0 Å². The van der Waals surface area contributed by atoms with Gasteiger partial charge in [-0.3, -0.25) is 4.79 Å². The van der Waals surface area contributed by atoms with Gasteiger partial charge in [-0.1, -0.05) is 13.8 Å². The van der Waals surface area contributed by atoms with E-state index in [1.165, 1.54) is 28.6 Å². The Labute approximate surface area is 136 Å². The molecule has 2 rings (SSSR count). The Kier molecular flexibility index (Phi) is 5.75. The van der Waals surface area contributed by atoms with E-state index in [4.69, 9.17) is 0 Å². The molecule has 2 atom stereocenters. The van der Waals surface area contributed by atoms with Gasteiger partial charge in [0.15, 0.2) is 0 Å². The molecule has 1 aromatic carbocycles. The number of piperidine rings is 1. The molecule has 1 aromatic rings. The first-order valence-electron chi connectivity index (χ1n) is 7.79. The number of rotatable bonds is 5. The lowest BCUT2D eigenvalue weighted by Gasteiger charge is -2.34. The number of halogens is 1. The van der Waals surface area contributed by atoms with E-state index in [0.29, 0.717) is 30.5 Å². The van der Waals surface area contributed by atoms with E-state index in [9.17, 15) is 17.6 Å². The molecule has 1 saturated heterocycles. The van der Waals surface area contributed by atoms with Crippen molar-refractivity contribution in [3.63, 3.8) is 0 Å². The van der Waals surface area contributed by atoms with Crippen molar-refractivity contribution in [2.45, 2.75) is 20.3 Å². The second-order valence-electron chi connectivity index (χ2n) is 6.34. The molecule has 0 aromatic heterocycles. The highest BCUT2D eigenvalue weighted by Gasteiger charge is 2.30. The standard InChI is InChI=1S/C16H23FN2O3S/c1-12-9-13(2)11-19(10-12)23(21,22)8-7-18-16(20)14-3-5-15(17)6-4-14/h3-6,12-13H,7-11H2,1-2H3,(H,18,20)/t12-,13-/m1/s1. The van der Waals surface area contributed by atoms with Gasteiger partial charge in [0, 0.05) is 25.2 Å². The van der Waals surface area contributed by atoms with Crippen LogP contribution in [0.2, 0.25) is 0 Å². The van der Waals surface area contributed by atoms with Crippen LogP contribution < -0.4 is 5.32 Å². The zero-order chi connectivity index (χ0) is 17.0. The van der Waals surface area contributed by atoms with Crippen molar-refractivity contribution in [3.05, 3.63) is 35.6 Å². The summed E-state index contributed by atoms with van der Waals surface area (Å²) in [6.45, 7) is 5.22. The lowest BCUT2D eigenvalue weighted by atomic mass is 9.94. The van der Waals surface area contributed by atoms with Gasteiger partial charge >= 0.3 is 0 Å². The molecule has 5 nitrogen and oxygen atoms in total. The van der Waals surface area contributed by atoms with Crippen molar-refractivity contribution in [2.24, 2.45) is 11.8 Å². The minimum Gasteiger partial charge on any atom is -0.351 e. The molecule has 128 valence electrons. The maximum absolute atomic E-state index is 12.8. The number of sulfonamides is 1. The maximum Gasteiger partial charge on any atom is 0.251 e. The molecule has 1 aliphatic heterocycles. The van der Waals surface area contributed by atoms with Crippen LogP contribution in [-0.2, 0) is 10.0 Å². The van der Waals surface area contributed by atoms with E-state index in [0.717, 1.165) is 6.42 Å². The Balaban J connectivity index is 1.87. The number of nitrogens with one attached hydrogen (secondary N) is 1. The molecule has 1 aliphatic rings. The van der Waals surface area contributed by atoms with Crippen LogP contribution in [0.15, 0.2) is 24.3 Å². The minimum atomic E-state index is -3.38. The van der Waals surface area contributed by atoms with E-state index < -0.39 is 21.7 Å². The van der Waals surface area contributed by atoms with Crippen molar-refractivity contribution >= 4 is 15.9 Å². The summed E-state index contributed by atoms with van der Waals surface area (Å²) >= 11 is 0. The second-order valence-corrected chi connectivity index (χ2v) is 8.43. The van der Waals surface area contributed by atoms with Gasteiger partial charge in [-0.15, -0.1) is 0 Å². The number of carbonyl (C=O) groups is 1. The Hall–Kier alpha value is -1.47. The van der Waals surface area contributed by atoms with E-state index in [2.05, 4.69) is 19.2 Å². The number of hydrogen-bond donors (Lipinski definition) is 1. The summed E-state index contributed by atoms with van der Waals surface area (Å²) in [6.07, 6.45) is 1.04. The van der Waals surface area contributed by atoms with Gasteiger partial charge in [0.25, 0.3) is 5.91 Å². The Bertz CT molecular complexity index is 636. The highest BCUT2D eigenvalue weighted by atomic mass is 32.2. The molecular formula is C16H23FN2O3S. The van der Waals surface area contributed by atoms with E-state index in [-0.39, 0.29) is 12.3 Å². The van der Waals surface area contributed by atoms with Gasteiger partial charge in [0.2, 0.25) is 10.0 Å². The van der Waals surface area contributed by atoms with Crippen LogP contribution in [-0.4, -0.2) is 44.0 Å². The highest BCUT2D eigenvalue weighted by molar-refractivity contribution is 7.89. The van der Waals surface area contributed by atoms with Gasteiger partial charge in [-0.2, -0.15) is 0 Å². The average molecular weight is 342 g/mol. The molecular weight excluding hydrogens is 319 g/mol. The zero-order valence-corrected chi connectivity index (χ0v) is 14.3. The Morgan fingerprint density at radius 2 is 1.78 bits per heavy atom. The Morgan fingerprint density at radius 3 is 2.35 bits per heavy atom. The molecule has 0 unspecified atom stereocenters. The fourth-order valence-corrected chi connectivity index (χ4v) is 4.54. The van der Waals surface area contributed by atoms with Crippen LogP contribution in [0.4, 0.5) is 4.39 Å². The first-order valence-corrected chi connectivity index (χ1v) is 9.40. The van der Waals surface area contributed by atoms with E-state index in [1.807, 2.05) is 0 Å². The number of amides is 1. The van der Waals surface area contributed by atoms with Crippen molar-refractivity contribution in [3.8, 4) is 0 Å². The van der Waals surface area contributed by atoms with Gasteiger partial charge in [-0.25, -0.2) is 17.1 Å². The predicted octanol–water partition coefficient (Wildman–Crippen LogP) is 1.86. The highest BCUT2D eigenvalue weighted by Crippen LogP contribution is 2.23. The summed E-state index contributed by atoms with van der Waals surface area (Å²) in [5.74, 6) is -0.248. The van der Waals surface area contributed by atoms with Gasteiger partial charge in [0.05, 0.1) is 5.75 Å². The average Bonchev–Trinajstić information content (AvgIpc) is 2.46. The van der Waals surface area contributed by atoms with Crippen molar-refractivity contribution in [1.82, 2.24) is 9.62 Å². The third-order valence-electron chi connectivity index (χ3n) is 3.98. The van der Waals surface area contributed by atoms with Crippen LogP contribution in [0.25, 0.3) is 0 Å². The third kappa shape index (κ3) is 5.00. The molecule has 0 aliphatic carbocycles. The number of benzene rings is 1. The fourth-order valence-electron chi connectivity index (χ4n) is 2.96. The lowest BCUT2D eigenvalue weighted by Crippen LogP contribution is -2.45. The van der Waals surface area contributed by atoms with Crippen molar-refractivity contribution in [1.29, 1.82) is 0 Å². The molecule has 1 heterocycles. The number of carbonyl (C=O) groups excluding carboxylic acids is 1. The largest absolute Gasteiger partial charge is 0.351 e. The molecule has 0 bridgehead atoms. The first-order chi connectivity index (χ1) is 10.8. The zero-order valence-electron chi connectivity index (χ0n) is 13.5. The van der Waals surface area contributed by atoms with Crippen LogP contribution in [0.3, 0.4) is 0 Å². The molecule has 0 radical (unpaired) electrons. The Morgan fingerprint density at radius 1 is 1.22 bits per heavy atom. The molecule has 0 spiro atoms. The van der Waals surface area contributed by atoms with E-state index in [1.54, 1.807) is 0 Å². The molecule has 7 heteroatoms. The minimum absolute atomic E-state index is 0.0395. The number of nitrogens with zero attached hydrogens (tertiary/aromatic N) is 1. The molecule has 1 N–H and O–H groups in total. The lowest BCUT2D eigenvalue weighted by molar-refractivity contribution is 0.0956. The van der Waals surface area contributed by atoms with Gasteiger partial charge < -0.3 is 5.32 Å². The first kappa shape index (κ1) is 17.9. The summed E-state index contributed by atoms with van der Waals surface area (Å²) in [5.41, 5.74) is 0.309. The third-order valence-corrected chi connectivity index (χ3v) is 5.79. The monoisotopic (exact) mass is 342 g/mol. The summed E-state index contributed by atoms with van der Waals surface area (Å²) in [7, 11) is -3.38. The molecule has 1 fully saturated rings. The SMILES string of the molecule is C[C@@H]1C[C@@H](C)CN(S(=O)(=O)CCNC(=O)c2ccc(F)cc2)C1. The molecule has 1 amide bonds. The smallest absolute Gasteiger partial charge is 0.251 e. The second kappa shape index (κ2) is 7.40. The fraction of sp³-hybridized carbons (Fsp3) is 0.562. The molecule has 23 heavy (non-hydrogen) atoms. The topological polar surface area (TPSA) is 66.5 Å². The summed E-state index contributed by atoms with van der Waals surface area (Å²) < 4.78 is 39.1. The van der Waals surface area contributed by atoms with Crippen LogP contribution in [0.1, 0.15) is 30.6 Å². The predicted molar refractivity (Wildman–Crippen MR) is 87.0 cm³/mol. The number of hydrogen-bond acceptors (Lipinski definition) is 3. The van der Waals surface area contributed by atoms with Gasteiger partial charge in [0.1, 0.15) is 5.82 Å². The quantitative estimate of drug-likeness (QED) is 0.888. The van der Waals surface area contributed by atoms with Crippen LogP contribution in [0.5, 0.6) is 0 Å². The normalized spacial score (nSPS) is 22.7. The van der Waals surface area contributed by atoms with Crippen LogP contribution in [0, 0.1) is 17.7 Å². The van der Waals surface area contributed by atoms with Crippen molar-refractivity contribution in [2.75, 3.05) is 25.4 Å². The van der Waals surface area contributed by atoms with Crippen molar-refractivity contribution < 1.29 is 17.6 Å². The molecule has 0 saturated carbocycles. The summed E-state index contributed by atoms with van der Waals surface area (Å²) in [5, 5.41) is 2.57.